The molecule has 1 aliphatic heterocycles. The molecule has 1 heterocycles. The Morgan fingerprint density at radius 2 is 2.18 bits per heavy atom. The van der Waals surface area contributed by atoms with Gasteiger partial charge in [0, 0.05) is 10.9 Å². The van der Waals surface area contributed by atoms with Crippen LogP contribution in [0.1, 0.15) is 11.5 Å². The Bertz CT molecular complexity index is 711. The van der Waals surface area contributed by atoms with E-state index in [-0.39, 0.29) is 10.6 Å². The van der Waals surface area contributed by atoms with E-state index in [0.717, 1.165) is 18.4 Å². The number of nitrogens with zero attached hydrogens (tertiary/aromatic N) is 1. The normalized spacial score (nSPS) is 17.2. The van der Waals surface area contributed by atoms with Gasteiger partial charge in [-0.1, -0.05) is 23.7 Å². The molecule has 0 fully saturated rings. The molecule has 0 amide bonds. The van der Waals surface area contributed by atoms with Crippen LogP contribution >= 0.6 is 11.6 Å². The zero-order chi connectivity index (χ0) is 16.3. The Labute approximate surface area is 128 Å². The van der Waals surface area contributed by atoms with Crippen molar-refractivity contribution in [1.82, 2.24) is 5.32 Å². The molecule has 1 aromatic carbocycles. The number of esters is 1. The topological polar surface area (TPSA) is 62.1 Å². The number of nitriles is 1. The number of dihydropyridines is 1. The third-order valence-corrected chi connectivity index (χ3v) is 3.33. The number of allylic oxidation sites excluding steroid dienone is 2. The van der Waals surface area contributed by atoms with E-state index >= 15 is 0 Å². The summed E-state index contributed by atoms with van der Waals surface area (Å²) >= 11 is 5.92. The number of hydrogen-bond acceptors (Lipinski definition) is 4. The van der Waals surface area contributed by atoms with Gasteiger partial charge in [0.15, 0.2) is 0 Å². The van der Waals surface area contributed by atoms with Crippen molar-refractivity contribution in [2.45, 2.75) is 12.3 Å². The van der Waals surface area contributed by atoms with Crippen LogP contribution in [0.3, 0.4) is 0 Å². The van der Waals surface area contributed by atoms with Crippen LogP contribution in [0, 0.1) is 17.3 Å². The number of hydrogen-bond donors (Lipinski definition) is 1. The van der Waals surface area contributed by atoms with Crippen molar-refractivity contribution >= 4 is 17.6 Å². The van der Waals surface area contributed by atoms with E-state index in [1.807, 2.05) is 0 Å². The number of carbonyl (C=O) groups excluding carboxylic acids is 1. The van der Waals surface area contributed by atoms with Crippen LogP contribution in [0.15, 0.2) is 41.7 Å². The Morgan fingerprint density at radius 3 is 2.77 bits per heavy atom. The fraction of sp³-hybridized carbons (Fsp3) is 0.143. The van der Waals surface area contributed by atoms with E-state index in [0.29, 0.717) is 0 Å². The summed E-state index contributed by atoms with van der Waals surface area (Å²) in [5.41, 5.74) is -0.899. The first kappa shape index (κ1) is 15.9. The van der Waals surface area contributed by atoms with Crippen molar-refractivity contribution in [2.24, 2.45) is 0 Å². The largest absolute Gasteiger partial charge is 0.360 e. The highest BCUT2D eigenvalue weighted by atomic mass is 35.5. The first-order valence-corrected chi connectivity index (χ1v) is 6.34. The zero-order valence-corrected chi connectivity index (χ0v) is 11.6. The van der Waals surface area contributed by atoms with Gasteiger partial charge < -0.3 is 10.1 Å². The summed E-state index contributed by atoms with van der Waals surface area (Å²) < 4.78 is 43.4. The molecule has 0 bridgehead atoms. The molecule has 0 saturated heterocycles. The fourth-order valence-corrected chi connectivity index (χ4v) is 2.39. The maximum Gasteiger partial charge on any atom is 0.352 e. The van der Waals surface area contributed by atoms with Gasteiger partial charge in [-0.2, -0.15) is 0 Å². The number of halogens is 4. The molecule has 22 heavy (non-hydrogen) atoms. The summed E-state index contributed by atoms with van der Waals surface area (Å²) in [5, 5.41) is 10.6. The van der Waals surface area contributed by atoms with E-state index in [1.165, 1.54) is 18.3 Å². The summed E-state index contributed by atoms with van der Waals surface area (Å²) in [6, 6.07) is 3.37. The van der Waals surface area contributed by atoms with Gasteiger partial charge >= 0.3 is 5.97 Å². The minimum Gasteiger partial charge on any atom is -0.360 e. The van der Waals surface area contributed by atoms with Crippen LogP contribution in [-0.4, -0.2) is 12.4 Å². The smallest absolute Gasteiger partial charge is 0.352 e. The number of nitrogens with one attached hydrogen (secondary N) is 1. The Hall–Kier alpha value is -2.46. The quantitative estimate of drug-likeness (QED) is 0.683. The van der Waals surface area contributed by atoms with Crippen molar-refractivity contribution in [3.63, 3.8) is 0 Å². The van der Waals surface area contributed by atoms with Gasteiger partial charge in [-0.15, -0.1) is 5.26 Å². The maximum absolute atomic E-state index is 13.1. The minimum atomic E-state index is -2.99. The molecule has 114 valence electrons. The summed E-state index contributed by atoms with van der Waals surface area (Å²) in [7, 11) is 0. The predicted octanol–water partition coefficient (Wildman–Crippen LogP) is 3.22. The predicted molar refractivity (Wildman–Crippen MR) is 71.2 cm³/mol. The van der Waals surface area contributed by atoms with Gasteiger partial charge in [-0.25, -0.2) is 18.0 Å². The van der Waals surface area contributed by atoms with Crippen LogP contribution in [0.4, 0.5) is 13.2 Å². The minimum absolute atomic E-state index is 0.0348. The van der Waals surface area contributed by atoms with Gasteiger partial charge in [-0.3, -0.25) is 0 Å². The van der Waals surface area contributed by atoms with Crippen molar-refractivity contribution in [3.8, 4) is 6.26 Å². The van der Waals surface area contributed by atoms with Gasteiger partial charge in [0.05, 0.1) is 11.3 Å². The van der Waals surface area contributed by atoms with Gasteiger partial charge in [0.2, 0.25) is 0 Å². The number of rotatable bonds is 3. The lowest BCUT2D eigenvalue weighted by molar-refractivity contribution is -0.133. The van der Waals surface area contributed by atoms with Crippen molar-refractivity contribution < 1.29 is 22.7 Å². The Balaban J connectivity index is 2.56. The van der Waals surface area contributed by atoms with E-state index in [1.54, 1.807) is 0 Å². The lowest BCUT2D eigenvalue weighted by atomic mass is 9.88. The molecule has 0 spiro atoms. The molecule has 8 heteroatoms. The molecular formula is C14H8ClF3N2O2. The lowest BCUT2D eigenvalue weighted by Crippen LogP contribution is -2.27. The van der Waals surface area contributed by atoms with E-state index in [9.17, 15) is 18.0 Å². The first-order valence-electron chi connectivity index (χ1n) is 5.96. The molecule has 1 aromatic rings. The van der Waals surface area contributed by atoms with Crippen molar-refractivity contribution in [3.05, 3.63) is 58.1 Å². The average Bonchev–Trinajstić information content (AvgIpc) is 2.46. The number of benzene rings is 1. The Morgan fingerprint density at radius 1 is 1.45 bits per heavy atom. The van der Waals surface area contributed by atoms with Crippen LogP contribution in [0.25, 0.3) is 0 Å². The molecule has 2 rings (SSSR count). The lowest BCUT2D eigenvalue weighted by Gasteiger charge is -2.24. The molecule has 4 nitrogen and oxygen atoms in total. The van der Waals surface area contributed by atoms with Gasteiger partial charge in [0.1, 0.15) is 5.82 Å². The molecule has 1 unspecified atom stereocenters. The third-order valence-electron chi connectivity index (χ3n) is 3.00. The van der Waals surface area contributed by atoms with E-state index in [4.69, 9.17) is 16.9 Å². The Kier molecular flexibility index (Phi) is 4.73. The first-order chi connectivity index (χ1) is 10.5. The molecule has 0 saturated carbocycles. The van der Waals surface area contributed by atoms with Crippen molar-refractivity contribution in [1.29, 1.82) is 5.26 Å². The molecule has 0 aliphatic carbocycles. The second-order valence-corrected chi connectivity index (χ2v) is 4.66. The third kappa shape index (κ3) is 3.07. The van der Waals surface area contributed by atoms with Crippen LogP contribution in [0.5, 0.6) is 0 Å². The van der Waals surface area contributed by atoms with Crippen molar-refractivity contribution in [2.75, 3.05) is 0 Å². The van der Waals surface area contributed by atoms with Crippen LogP contribution in [-0.2, 0) is 9.53 Å². The molecule has 0 aromatic heterocycles. The second kappa shape index (κ2) is 6.54. The highest BCUT2D eigenvalue weighted by Crippen LogP contribution is 2.36. The molecule has 1 aliphatic rings. The molecular weight excluding hydrogens is 321 g/mol. The molecule has 1 atom stereocenters. The molecule has 1 N–H and O–H groups in total. The second-order valence-electron chi connectivity index (χ2n) is 4.26. The monoisotopic (exact) mass is 328 g/mol. The zero-order valence-electron chi connectivity index (χ0n) is 10.8. The highest BCUT2D eigenvalue weighted by Gasteiger charge is 2.33. The highest BCUT2D eigenvalue weighted by molar-refractivity contribution is 6.31. The average molecular weight is 329 g/mol. The van der Waals surface area contributed by atoms with E-state index in [2.05, 4.69) is 10.1 Å². The van der Waals surface area contributed by atoms with E-state index < -0.39 is 35.4 Å². The number of alkyl halides is 2. The number of carbonyl (C=O) groups is 1. The summed E-state index contributed by atoms with van der Waals surface area (Å²) in [4.78, 5) is 11.8. The van der Waals surface area contributed by atoms with Crippen LogP contribution in [0.2, 0.25) is 5.02 Å². The molecule has 0 radical (unpaired) electrons. The maximum atomic E-state index is 13.1. The fourth-order valence-electron chi connectivity index (χ4n) is 2.10. The number of ether oxygens (including phenoxy) is 1. The summed E-state index contributed by atoms with van der Waals surface area (Å²) in [6.07, 6.45) is 0.759. The van der Waals surface area contributed by atoms with Gasteiger partial charge in [0.25, 0.3) is 12.7 Å². The summed E-state index contributed by atoms with van der Waals surface area (Å²) in [6.45, 7) is 0. The summed E-state index contributed by atoms with van der Waals surface area (Å²) in [5.74, 6) is -2.81. The van der Waals surface area contributed by atoms with Gasteiger partial charge in [-0.05, 0) is 23.9 Å². The SMILES string of the molecule is N#COC(=O)C1=C(C(F)F)NC=CC1c1ccc(F)cc1Cl. The standard InChI is InChI=1S/C14H8ClF3N2O2/c15-10-5-7(16)1-2-8(10)9-3-4-20-12(13(17)18)11(9)14(21)22-6-19/h1-5,9,13,20H. The van der Waals surface area contributed by atoms with Crippen LogP contribution < -0.4 is 5.32 Å².